The summed E-state index contributed by atoms with van der Waals surface area (Å²) in [6.07, 6.45) is 1.71. The lowest BCUT2D eigenvalue weighted by Crippen LogP contribution is -2.57. The van der Waals surface area contributed by atoms with E-state index in [0.29, 0.717) is 32.2 Å². The number of ether oxygens (including phenoxy) is 1. The van der Waals surface area contributed by atoms with Crippen LogP contribution in [0.5, 0.6) is 0 Å². The molecule has 1 spiro atoms. The lowest BCUT2D eigenvalue weighted by atomic mass is 9.75. The molecule has 0 bridgehead atoms. The summed E-state index contributed by atoms with van der Waals surface area (Å²) in [7, 11) is 3.69. The van der Waals surface area contributed by atoms with Gasteiger partial charge in [-0.05, 0) is 30.9 Å². The average Bonchev–Trinajstić information content (AvgIpc) is 3.27. The fourth-order valence-electron chi connectivity index (χ4n) is 5.69. The van der Waals surface area contributed by atoms with Crippen molar-refractivity contribution in [3.8, 4) is 0 Å². The molecule has 4 rings (SSSR count). The number of nitrogens with one attached hydrogen (secondary N) is 1. The number of benzene rings is 1. The Balaban J connectivity index is 1.36. The molecule has 1 aromatic carbocycles. The van der Waals surface area contributed by atoms with Crippen LogP contribution in [0, 0.1) is 18.8 Å². The van der Waals surface area contributed by atoms with Crippen LogP contribution in [0.3, 0.4) is 0 Å². The van der Waals surface area contributed by atoms with Crippen molar-refractivity contribution in [1.29, 1.82) is 0 Å². The van der Waals surface area contributed by atoms with Gasteiger partial charge in [0.2, 0.25) is 5.91 Å². The van der Waals surface area contributed by atoms with Crippen molar-refractivity contribution < 1.29 is 14.3 Å². The van der Waals surface area contributed by atoms with Gasteiger partial charge in [0, 0.05) is 59.3 Å². The Hall–Kier alpha value is -2.12. The SMILES string of the molecule is COCCN1C[C@@H]2C(=O)N(C)C3(CCN(C(=O)NCc4ccccc4C)CC3)[C@@H]2C1. The summed E-state index contributed by atoms with van der Waals surface area (Å²) in [6, 6.07) is 8.11. The molecule has 3 heterocycles. The third-order valence-electron chi connectivity index (χ3n) is 7.62. The maximum Gasteiger partial charge on any atom is 0.317 e. The Morgan fingerprint density at radius 1 is 1.23 bits per heavy atom. The molecular formula is C23H34N4O3. The van der Waals surface area contributed by atoms with Crippen LogP contribution in [0.2, 0.25) is 0 Å². The highest BCUT2D eigenvalue weighted by Gasteiger charge is 2.60. The average molecular weight is 415 g/mol. The number of rotatable bonds is 5. The molecular weight excluding hydrogens is 380 g/mol. The van der Waals surface area contributed by atoms with Crippen molar-refractivity contribution in [3.05, 3.63) is 35.4 Å². The number of hydrogen-bond donors (Lipinski definition) is 1. The number of nitrogens with zero attached hydrogens (tertiary/aromatic N) is 3. The third kappa shape index (κ3) is 3.69. The molecule has 164 valence electrons. The van der Waals surface area contributed by atoms with E-state index >= 15 is 0 Å². The number of hydrogen-bond acceptors (Lipinski definition) is 4. The predicted molar refractivity (Wildman–Crippen MR) is 115 cm³/mol. The van der Waals surface area contributed by atoms with Gasteiger partial charge in [-0.3, -0.25) is 9.69 Å². The van der Waals surface area contributed by atoms with Crippen molar-refractivity contribution in [2.75, 3.05) is 53.5 Å². The second kappa shape index (κ2) is 8.55. The molecule has 3 amide bonds. The summed E-state index contributed by atoms with van der Waals surface area (Å²) in [5.74, 6) is 0.717. The zero-order chi connectivity index (χ0) is 21.3. The zero-order valence-electron chi connectivity index (χ0n) is 18.4. The van der Waals surface area contributed by atoms with E-state index in [1.165, 1.54) is 5.56 Å². The number of carbonyl (C=O) groups is 2. The Labute approximate surface area is 179 Å². The molecule has 0 radical (unpaired) electrons. The lowest BCUT2D eigenvalue weighted by Gasteiger charge is -2.46. The summed E-state index contributed by atoms with van der Waals surface area (Å²) >= 11 is 0. The quantitative estimate of drug-likeness (QED) is 0.797. The number of aryl methyl sites for hydroxylation is 1. The Morgan fingerprint density at radius 2 is 1.97 bits per heavy atom. The number of fused-ring (bicyclic) bond motifs is 2. The second-order valence-electron chi connectivity index (χ2n) is 9.04. The van der Waals surface area contributed by atoms with Crippen molar-refractivity contribution in [3.63, 3.8) is 0 Å². The Morgan fingerprint density at radius 3 is 2.67 bits per heavy atom. The summed E-state index contributed by atoms with van der Waals surface area (Å²) < 4.78 is 5.23. The fraction of sp³-hybridized carbons (Fsp3) is 0.652. The highest BCUT2D eigenvalue weighted by molar-refractivity contribution is 5.84. The first kappa shape index (κ1) is 21.1. The number of methoxy groups -OCH3 is 1. The molecule has 7 nitrogen and oxygen atoms in total. The van der Waals surface area contributed by atoms with E-state index in [1.54, 1.807) is 7.11 Å². The van der Waals surface area contributed by atoms with Crippen LogP contribution < -0.4 is 5.32 Å². The lowest BCUT2D eigenvalue weighted by molar-refractivity contribution is -0.133. The molecule has 30 heavy (non-hydrogen) atoms. The van der Waals surface area contributed by atoms with Crippen LogP contribution in [0.4, 0.5) is 4.79 Å². The minimum atomic E-state index is -0.115. The van der Waals surface area contributed by atoms with Crippen molar-refractivity contribution in [2.45, 2.75) is 31.8 Å². The van der Waals surface area contributed by atoms with Gasteiger partial charge in [0.1, 0.15) is 0 Å². The van der Waals surface area contributed by atoms with E-state index < -0.39 is 0 Å². The maximum absolute atomic E-state index is 13.0. The fourth-order valence-corrected chi connectivity index (χ4v) is 5.69. The van der Waals surface area contributed by atoms with E-state index in [0.717, 1.165) is 38.0 Å². The van der Waals surface area contributed by atoms with Crippen molar-refractivity contribution in [1.82, 2.24) is 20.0 Å². The minimum Gasteiger partial charge on any atom is -0.383 e. The molecule has 1 N–H and O–H groups in total. The molecule has 2 atom stereocenters. The normalized spacial score (nSPS) is 25.8. The third-order valence-corrected chi connectivity index (χ3v) is 7.62. The van der Waals surface area contributed by atoms with Gasteiger partial charge in [0.25, 0.3) is 0 Å². The number of piperidine rings is 1. The number of likely N-dealkylation sites (tertiary alicyclic amines) is 3. The van der Waals surface area contributed by atoms with Gasteiger partial charge in [-0.1, -0.05) is 24.3 Å². The second-order valence-corrected chi connectivity index (χ2v) is 9.04. The molecule has 1 aromatic rings. The maximum atomic E-state index is 13.0. The van der Waals surface area contributed by atoms with Gasteiger partial charge in [-0.15, -0.1) is 0 Å². The van der Waals surface area contributed by atoms with Crippen molar-refractivity contribution >= 4 is 11.9 Å². The molecule has 3 fully saturated rings. The van der Waals surface area contributed by atoms with Gasteiger partial charge in [0.05, 0.1) is 18.1 Å². The molecule has 0 saturated carbocycles. The van der Waals surface area contributed by atoms with Gasteiger partial charge in [0.15, 0.2) is 0 Å². The molecule has 3 aliphatic heterocycles. The monoisotopic (exact) mass is 414 g/mol. The van der Waals surface area contributed by atoms with Crippen LogP contribution in [0.15, 0.2) is 24.3 Å². The van der Waals surface area contributed by atoms with E-state index in [4.69, 9.17) is 4.74 Å². The standard InChI is InChI=1S/C23H34N4O3/c1-17-6-4-5-7-18(17)14-24-22(29)27-10-8-23(9-11-27)20-16-26(12-13-30-3)15-19(20)21(28)25(23)2/h4-7,19-20H,8-16H2,1-3H3,(H,24,29)/t19-,20+/m0/s1. The van der Waals surface area contributed by atoms with Crippen LogP contribution >= 0.6 is 0 Å². The number of amides is 3. The molecule has 7 heteroatoms. The number of carbonyl (C=O) groups excluding carboxylic acids is 2. The molecule has 0 unspecified atom stereocenters. The topological polar surface area (TPSA) is 65.1 Å². The summed E-state index contributed by atoms with van der Waals surface area (Å²) in [5, 5.41) is 3.07. The highest BCUT2D eigenvalue weighted by Crippen LogP contribution is 2.48. The van der Waals surface area contributed by atoms with Gasteiger partial charge < -0.3 is 19.9 Å². The van der Waals surface area contributed by atoms with Gasteiger partial charge in [-0.25, -0.2) is 4.79 Å². The predicted octanol–water partition coefficient (Wildman–Crippen LogP) is 1.71. The molecule has 3 aliphatic rings. The zero-order valence-corrected chi connectivity index (χ0v) is 18.4. The first-order valence-corrected chi connectivity index (χ1v) is 11.0. The van der Waals surface area contributed by atoms with Crippen LogP contribution in [-0.2, 0) is 16.1 Å². The van der Waals surface area contributed by atoms with E-state index in [2.05, 4.69) is 29.3 Å². The Bertz CT molecular complexity index is 790. The highest BCUT2D eigenvalue weighted by atomic mass is 16.5. The van der Waals surface area contributed by atoms with E-state index in [-0.39, 0.29) is 23.4 Å². The summed E-state index contributed by atoms with van der Waals surface area (Å²) in [5.41, 5.74) is 2.22. The van der Waals surface area contributed by atoms with Crippen LogP contribution in [0.1, 0.15) is 24.0 Å². The van der Waals surface area contributed by atoms with E-state index in [9.17, 15) is 9.59 Å². The van der Waals surface area contributed by atoms with Gasteiger partial charge >= 0.3 is 6.03 Å². The summed E-state index contributed by atoms with van der Waals surface area (Å²) in [4.78, 5) is 32.0. The van der Waals surface area contributed by atoms with E-state index in [1.807, 2.05) is 29.0 Å². The first-order chi connectivity index (χ1) is 14.5. The van der Waals surface area contributed by atoms with Crippen LogP contribution in [-0.4, -0.2) is 85.7 Å². The molecule has 0 aliphatic carbocycles. The Kier molecular flexibility index (Phi) is 6.02. The van der Waals surface area contributed by atoms with Crippen molar-refractivity contribution in [2.24, 2.45) is 11.8 Å². The largest absolute Gasteiger partial charge is 0.383 e. The smallest absolute Gasteiger partial charge is 0.317 e. The first-order valence-electron chi connectivity index (χ1n) is 11.0. The van der Waals surface area contributed by atoms with Crippen LogP contribution in [0.25, 0.3) is 0 Å². The van der Waals surface area contributed by atoms with Gasteiger partial charge in [-0.2, -0.15) is 0 Å². The number of urea groups is 1. The molecule has 0 aromatic heterocycles. The minimum absolute atomic E-state index is 0.00947. The summed E-state index contributed by atoms with van der Waals surface area (Å²) in [6.45, 7) is 7.35. The molecule has 3 saturated heterocycles.